The number of rotatable bonds is 2. The van der Waals surface area contributed by atoms with E-state index in [1.807, 2.05) is 4.90 Å². The van der Waals surface area contributed by atoms with Crippen molar-refractivity contribution in [3.63, 3.8) is 0 Å². The van der Waals surface area contributed by atoms with Gasteiger partial charge in [-0.05, 0) is 30.9 Å². The van der Waals surface area contributed by atoms with Gasteiger partial charge in [0.25, 0.3) is 0 Å². The number of aliphatic hydroxyl groups is 1. The molecule has 1 amide bonds. The van der Waals surface area contributed by atoms with E-state index >= 15 is 0 Å². The number of benzene rings is 1. The third-order valence-electron chi connectivity index (χ3n) is 4.60. The molecule has 2 saturated heterocycles. The zero-order valence-corrected chi connectivity index (χ0v) is 13.4. The lowest BCUT2D eigenvalue weighted by molar-refractivity contribution is -0.141. The minimum Gasteiger partial charge on any atom is -0.508 e. The summed E-state index contributed by atoms with van der Waals surface area (Å²) >= 11 is 12.3. The Morgan fingerprint density at radius 1 is 1.36 bits per heavy atom. The molecule has 0 spiro atoms. The molecule has 2 fully saturated rings. The number of carbonyl (C=O) groups is 1. The molecule has 0 aliphatic carbocycles. The van der Waals surface area contributed by atoms with Crippen LogP contribution in [0.1, 0.15) is 24.3 Å². The molecule has 0 bridgehead atoms. The number of halogens is 2. The van der Waals surface area contributed by atoms with Crippen LogP contribution in [0, 0.1) is 0 Å². The molecule has 2 aliphatic heterocycles. The molecule has 22 heavy (non-hydrogen) atoms. The number of carbonyl (C=O) groups excluding carboxylic acids is 1. The van der Waals surface area contributed by atoms with Crippen molar-refractivity contribution in [3.05, 3.63) is 27.7 Å². The molecule has 120 valence electrons. The molecule has 3 atom stereocenters. The number of hydrogen-bond acceptors (Lipinski definition) is 4. The van der Waals surface area contributed by atoms with Crippen LogP contribution in [0.5, 0.6) is 5.75 Å². The number of aliphatic hydroxyl groups excluding tert-OH is 1. The number of nitrogens with zero attached hydrogens (tertiary/aromatic N) is 1. The van der Waals surface area contributed by atoms with Crippen molar-refractivity contribution in [2.45, 2.75) is 30.8 Å². The summed E-state index contributed by atoms with van der Waals surface area (Å²) in [6.45, 7) is 1.04. The molecule has 0 saturated carbocycles. The summed E-state index contributed by atoms with van der Waals surface area (Å²) in [5.74, 6) is 0.155. The standard InChI is InChI=1S/C15H18Cl2N2O3/c16-10-1-2-12(21)13(14(10)17)8-3-4-19-9(5-8)6-18-11(7-20)15(19)22/h1-2,8-9,11,18,20-21H,3-7H2/t8?,9?,11-/m1/s1. The van der Waals surface area contributed by atoms with Crippen LogP contribution in [0.3, 0.4) is 0 Å². The number of fused-ring (bicyclic) bond motifs is 1. The first kappa shape index (κ1) is 15.9. The van der Waals surface area contributed by atoms with Gasteiger partial charge in [-0.1, -0.05) is 23.2 Å². The second-order valence-corrected chi connectivity index (χ2v) is 6.63. The maximum atomic E-state index is 12.2. The Kier molecular flexibility index (Phi) is 4.50. The second-order valence-electron chi connectivity index (χ2n) is 5.84. The van der Waals surface area contributed by atoms with Gasteiger partial charge in [-0.15, -0.1) is 0 Å². The number of aromatic hydroxyl groups is 1. The first-order valence-corrected chi connectivity index (χ1v) is 8.10. The quantitative estimate of drug-likeness (QED) is 0.764. The van der Waals surface area contributed by atoms with Crippen molar-refractivity contribution in [2.75, 3.05) is 19.7 Å². The molecule has 1 aromatic rings. The molecule has 2 aliphatic rings. The molecule has 3 N–H and O–H groups in total. The fourth-order valence-electron chi connectivity index (χ4n) is 3.45. The number of phenolic OH excluding ortho intramolecular Hbond substituents is 1. The summed E-state index contributed by atoms with van der Waals surface area (Å²) in [5.41, 5.74) is 0.672. The Balaban J connectivity index is 1.82. The van der Waals surface area contributed by atoms with Crippen LogP contribution < -0.4 is 5.32 Å². The van der Waals surface area contributed by atoms with Crippen molar-refractivity contribution < 1.29 is 15.0 Å². The van der Waals surface area contributed by atoms with Gasteiger partial charge in [0, 0.05) is 24.7 Å². The van der Waals surface area contributed by atoms with Crippen LogP contribution in [-0.2, 0) is 4.79 Å². The maximum absolute atomic E-state index is 12.2. The summed E-state index contributed by atoms with van der Waals surface area (Å²) < 4.78 is 0. The summed E-state index contributed by atoms with van der Waals surface area (Å²) in [6, 6.07) is 2.68. The van der Waals surface area contributed by atoms with Crippen LogP contribution >= 0.6 is 23.2 Å². The monoisotopic (exact) mass is 344 g/mol. The Hall–Kier alpha value is -1.01. The number of piperidine rings is 1. The molecular formula is C15H18Cl2N2O3. The van der Waals surface area contributed by atoms with Gasteiger partial charge in [-0.25, -0.2) is 0 Å². The Bertz CT molecular complexity index is 596. The summed E-state index contributed by atoms with van der Waals surface area (Å²) in [4.78, 5) is 14.1. The zero-order chi connectivity index (χ0) is 15.9. The summed E-state index contributed by atoms with van der Waals surface area (Å²) in [5, 5.41) is 23.2. The predicted octanol–water partition coefficient (Wildman–Crippen LogP) is 1.74. The van der Waals surface area contributed by atoms with Crippen LogP contribution in [0.25, 0.3) is 0 Å². The highest BCUT2D eigenvalue weighted by atomic mass is 35.5. The highest BCUT2D eigenvalue weighted by Crippen LogP contribution is 2.43. The van der Waals surface area contributed by atoms with Gasteiger partial charge in [-0.3, -0.25) is 4.79 Å². The van der Waals surface area contributed by atoms with E-state index in [0.29, 0.717) is 41.5 Å². The van der Waals surface area contributed by atoms with E-state index in [-0.39, 0.29) is 30.2 Å². The highest BCUT2D eigenvalue weighted by Gasteiger charge is 2.39. The SMILES string of the molecule is O=C1[C@@H](CO)NCC2CC(c3c(O)ccc(Cl)c3Cl)CCN12. The van der Waals surface area contributed by atoms with Gasteiger partial charge in [0.15, 0.2) is 0 Å². The van der Waals surface area contributed by atoms with E-state index in [1.165, 1.54) is 0 Å². The third kappa shape index (κ3) is 2.67. The van der Waals surface area contributed by atoms with E-state index in [0.717, 1.165) is 0 Å². The van der Waals surface area contributed by atoms with E-state index in [4.69, 9.17) is 23.2 Å². The fourth-order valence-corrected chi connectivity index (χ4v) is 3.93. The Morgan fingerprint density at radius 2 is 2.14 bits per heavy atom. The molecule has 3 rings (SSSR count). The van der Waals surface area contributed by atoms with Gasteiger partial charge in [-0.2, -0.15) is 0 Å². The minimum absolute atomic E-state index is 0.0449. The van der Waals surface area contributed by atoms with Crippen molar-refractivity contribution in [2.24, 2.45) is 0 Å². The fraction of sp³-hybridized carbons (Fsp3) is 0.533. The van der Waals surface area contributed by atoms with Crippen molar-refractivity contribution >= 4 is 29.1 Å². The molecule has 2 heterocycles. The zero-order valence-electron chi connectivity index (χ0n) is 11.9. The van der Waals surface area contributed by atoms with E-state index in [2.05, 4.69) is 5.32 Å². The number of piperazine rings is 1. The van der Waals surface area contributed by atoms with Crippen LogP contribution in [0.2, 0.25) is 10.0 Å². The van der Waals surface area contributed by atoms with E-state index in [9.17, 15) is 15.0 Å². The minimum atomic E-state index is -0.504. The number of hydrogen-bond donors (Lipinski definition) is 3. The predicted molar refractivity (Wildman–Crippen MR) is 84.5 cm³/mol. The first-order valence-electron chi connectivity index (χ1n) is 7.34. The summed E-state index contributed by atoms with van der Waals surface area (Å²) in [6.07, 6.45) is 1.43. The lowest BCUT2D eigenvalue weighted by Gasteiger charge is -2.45. The van der Waals surface area contributed by atoms with Crippen molar-refractivity contribution in [1.82, 2.24) is 10.2 Å². The molecule has 5 nitrogen and oxygen atoms in total. The Labute approximate surface area is 138 Å². The van der Waals surface area contributed by atoms with Gasteiger partial charge in [0.1, 0.15) is 11.8 Å². The average molecular weight is 345 g/mol. The molecule has 0 aromatic heterocycles. The molecule has 7 heteroatoms. The third-order valence-corrected chi connectivity index (χ3v) is 5.42. The van der Waals surface area contributed by atoms with Gasteiger partial charge in [0.05, 0.1) is 16.7 Å². The Morgan fingerprint density at radius 3 is 2.86 bits per heavy atom. The van der Waals surface area contributed by atoms with Gasteiger partial charge < -0.3 is 20.4 Å². The van der Waals surface area contributed by atoms with Crippen LogP contribution in [-0.4, -0.2) is 52.8 Å². The molecule has 2 unspecified atom stereocenters. The second kappa shape index (κ2) is 6.24. The summed E-state index contributed by atoms with van der Waals surface area (Å²) in [7, 11) is 0. The van der Waals surface area contributed by atoms with Gasteiger partial charge in [0.2, 0.25) is 5.91 Å². The number of nitrogens with one attached hydrogen (secondary N) is 1. The number of amides is 1. The normalized spacial score (nSPS) is 28.6. The van der Waals surface area contributed by atoms with Gasteiger partial charge >= 0.3 is 0 Å². The number of phenols is 1. The topological polar surface area (TPSA) is 72.8 Å². The lowest BCUT2D eigenvalue weighted by Crippen LogP contribution is -2.63. The molecule has 0 radical (unpaired) electrons. The van der Waals surface area contributed by atoms with E-state index < -0.39 is 6.04 Å². The van der Waals surface area contributed by atoms with E-state index in [1.54, 1.807) is 12.1 Å². The highest BCUT2D eigenvalue weighted by molar-refractivity contribution is 6.42. The lowest BCUT2D eigenvalue weighted by atomic mass is 9.83. The van der Waals surface area contributed by atoms with Crippen LogP contribution in [0.4, 0.5) is 0 Å². The van der Waals surface area contributed by atoms with Crippen LogP contribution in [0.15, 0.2) is 12.1 Å². The molecule has 1 aromatic carbocycles. The first-order chi connectivity index (χ1) is 10.5. The van der Waals surface area contributed by atoms with Crippen molar-refractivity contribution in [1.29, 1.82) is 0 Å². The smallest absolute Gasteiger partial charge is 0.242 e. The largest absolute Gasteiger partial charge is 0.508 e. The maximum Gasteiger partial charge on any atom is 0.242 e. The van der Waals surface area contributed by atoms with Crippen molar-refractivity contribution in [3.8, 4) is 5.75 Å². The average Bonchev–Trinajstić information content (AvgIpc) is 2.52. The molecular weight excluding hydrogens is 327 g/mol.